The Hall–Kier alpha value is -2.23. The minimum absolute atomic E-state index is 0.264. The molecule has 0 aliphatic heterocycles. The summed E-state index contributed by atoms with van der Waals surface area (Å²) in [6.07, 6.45) is 3.77. The molecule has 0 aliphatic carbocycles. The van der Waals surface area contributed by atoms with E-state index in [9.17, 15) is 8.42 Å². The van der Waals surface area contributed by atoms with Gasteiger partial charge in [-0.3, -0.25) is 0 Å². The van der Waals surface area contributed by atoms with Crippen LogP contribution in [0.1, 0.15) is 4.88 Å². The molecule has 0 amide bonds. The summed E-state index contributed by atoms with van der Waals surface area (Å²) in [5, 5.41) is 11.2. The van der Waals surface area contributed by atoms with Crippen LogP contribution in [-0.4, -0.2) is 36.3 Å². The first-order valence-corrected chi connectivity index (χ1v) is 9.62. The molecule has 7 nitrogen and oxygen atoms in total. The van der Waals surface area contributed by atoms with Crippen molar-refractivity contribution >= 4 is 27.2 Å². The quantitative estimate of drug-likeness (QED) is 0.627. The Balaban J connectivity index is 1.50. The molecule has 0 aromatic carbocycles. The second kappa shape index (κ2) is 7.12. The van der Waals surface area contributed by atoms with Crippen LogP contribution in [0.5, 0.6) is 0 Å². The van der Waals surface area contributed by atoms with Crippen molar-refractivity contribution in [3.63, 3.8) is 0 Å². The van der Waals surface area contributed by atoms with Crippen molar-refractivity contribution in [2.75, 3.05) is 18.4 Å². The number of thiophene rings is 1. The Morgan fingerprint density at radius 2 is 1.88 bits per heavy atom. The third kappa shape index (κ3) is 3.99. The number of sulfonamides is 1. The smallest absolute Gasteiger partial charge is 0.250 e. The second-order valence-corrected chi connectivity index (χ2v) is 8.34. The van der Waals surface area contributed by atoms with Crippen LogP contribution in [0.25, 0.3) is 5.82 Å². The lowest BCUT2D eigenvalue weighted by atomic mass is 10.5. The van der Waals surface area contributed by atoms with E-state index in [4.69, 9.17) is 0 Å². The molecule has 0 unspecified atom stereocenters. The molecule has 3 aromatic heterocycles. The Kier molecular flexibility index (Phi) is 4.93. The molecule has 0 atom stereocenters. The van der Waals surface area contributed by atoms with Crippen LogP contribution in [0, 0.1) is 6.92 Å². The molecule has 0 radical (unpaired) electrons. The SMILES string of the molecule is Cc1ccc(S(=O)(=O)NCCNc2ccc(-n3cccc3)nn2)s1. The number of nitrogens with zero attached hydrogens (tertiary/aromatic N) is 3. The van der Waals surface area contributed by atoms with Crippen LogP contribution in [0.2, 0.25) is 0 Å². The molecule has 0 bridgehead atoms. The first kappa shape index (κ1) is 16.6. The van der Waals surface area contributed by atoms with Crippen molar-refractivity contribution in [2.24, 2.45) is 0 Å². The normalized spacial score (nSPS) is 11.5. The summed E-state index contributed by atoms with van der Waals surface area (Å²) >= 11 is 1.25. The van der Waals surface area contributed by atoms with Crippen molar-refractivity contribution in [1.29, 1.82) is 0 Å². The van der Waals surface area contributed by atoms with Gasteiger partial charge in [0.25, 0.3) is 0 Å². The number of aryl methyl sites for hydroxylation is 1. The number of rotatable bonds is 7. The van der Waals surface area contributed by atoms with Crippen LogP contribution < -0.4 is 10.0 Å². The standard InChI is InChI=1S/C15H17N5O2S2/c1-12-4-7-15(23-12)24(21,22)17-9-8-16-13-5-6-14(19-18-13)20-10-2-3-11-20/h2-7,10-11,17H,8-9H2,1H3,(H,16,18). The minimum atomic E-state index is -3.44. The van der Waals surface area contributed by atoms with Gasteiger partial charge in [-0.1, -0.05) is 0 Å². The monoisotopic (exact) mass is 363 g/mol. The summed E-state index contributed by atoms with van der Waals surface area (Å²) < 4.78 is 28.9. The second-order valence-electron chi connectivity index (χ2n) is 5.06. The highest BCUT2D eigenvalue weighted by Gasteiger charge is 2.15. The maximum atomic E-state index is 12.1. The molecule has 0 saturated carbocycles. The lowest BCUT2D eigenvalue weighted by Crippen LogP contribution is -2.28. The van der Waals surface area contributed by atoms with Crippen molar-refractivity contribution in [2.45, 2.75) is 11.1 Å². The van der Waals surface area contributed by atoms with E-state index in [2.05, 4.69) is 20.2 Å². The van der Waals surface area contributed by atoms with E-state index in [1.807, 2.05) is 42.1 Å². The maximum Gasteiger partial charge on any atom is 0.250 e. The fourth-order valence-corrected chi connectivity index (χ4v) is 4.41. The summed E-state index contributed by atoms with van der Waals surface area (Å²) in [4.78, 5) is 0.964. The number of nitrogens with one attached hydrogen (secondary N) is 2. The average molecular weight is 363 g/mol. The highest BCUT2D eigenvalue weighted by molar-refractivity contribution is 7.91. The molecule has 0 aliphatic rings. The lowest BCUT2D eigenvalue weighted by Gasteiger charge is -2.07. The zero-order valence-corrected chi connectivity index (χ0v) is 14.6. The topological polar surface area (TPSA) is 88.9 Å². The molecule has 24 heavy (non-hydrogen) atoms. The van der Waals surface area contributed by atoms with E-state index in [1.54, 1.807) is 18.2 Å². The first-order chi connectivity index (χ1) is 11.5. The minimum Gasteiger partial charge on any atom is -0.367 e. The zero-order chi connectivity index (χ0) is 17.0. The third-order valence-electron chi connectivity index (χ3n) is 3.22. The first-order valence-electron chi connectivity index (χ1n) is 7.32. The van der Waals surface area contributed by atoms with Gasteiger partial charge >= 0.3 is 0 Å². The Labute approximate surface area is 144 Å². The van der Waals surface area contributed by atoms with Crippen LogP contribution >= 0.6 is 11.3 Å². The molecule has 0 fully saturated rings. The van der Waals surface area contributed by atoms with E-state index >= 15 is 0 Å². The van der Waals surface area contributed by atoms with Gasteiger partial charge in [0, 0.05) is 30.4 Å². The third-order valence-corrected chi connectivity index (χ3v) is 6.18. The van der Waals surface area contributed by atoms with Gasteiger partial charge in [0.1, 0.15) is 10.0 Å². The van der Waals surface area contributed by atoms with Gasteiger partial charge < -0.3 is 9.88 Å². The summed E-state index contributed by atoms with van der Waals surface area (Å²) in [6, 6.07) is 10.9. The molecule has 9 heteroatoms. The van der Waals surface area contributed by atoms with Gasteiger partial charge in [0.05, 0.1) is 0 Å². The summed E-state index contributed by atoms with van der Waals surface area (Å²) in [5.41, 5.74) is 0. The number of aromatic nitrogens is 3. The van der Waals surface area contributed by atoms with Crippen LogP contribution in [0.4, 0.5) is 5.82 Å². The predicted octanol–water partition coefficient (Wildman–Crippen LogP) is 2.03. The molecule has 0 spiro atoms. The van der Waals surface area contributed by atoms with Crippen molar-refractivity contribution < 1.29 is 8.42 Å². The summed E-state index contributed by atoms with van der Waals surface area (Å²) in [7, 11) is -3.44. The van der Waals surface area contributed by atoms with Crippen LogP contribution in [0.15, 0.2) is 53.0 Å². The van der Waals surface area contributed by atoms with Gasteiger partial charge in [-0.15, -0.1) is 21.5 Å². The Morgan fingerprint density at radius 3 is 2.50 bits per heavy atom. The molecular formula is C15H17N5O2S2. The van der Waals surface area contributed by atoms with Crippen molar-refractivity contribution in [3.05, 3.63) is 53.7 Å². The lowest BCUT2D eigenvalue weighted by molar-refractivity contribution is 0.585. The fraction of sp³-hybridized carbons (Fsp3) is 0.200. The van der Waals surface area contributed by atoms with Gasteiger partial charge in [0.15, 0.2) is 5.82 Å². The van der Waals surface area contributed by atoms with Crippen molar-refractivity contribution in [1.82, 2.24) is 19.5 Å². The van der Waals surface area contributed by atoms with E-state index in [0.717, 1.165) is 10.7 Å². The average Bonchev–Trinajstić information content (AvgIpc) is 3.24. The van der Waals surface area contributed by atoms with E-state index in [0.29, 0.717) is 16.6 Å². The molecule has 126 valence electrons. The van der Waals surface area contributed by atoms with Gasteiger partial charge in [0.2, 0.25) is 10.0 Å². The molecule has 3 aromatic rings. The predicted molar refractivity (Wildman–Crippen MR) is 94.1 cm³/mol. The number of hydrogen-bond acceptors (Lipinski definition) is 6. The Morgan fingerprint density at radius 1 is 1.08 bits per heavy atom. The summed E-state index contributed by atoms with van der Waals surface area (Å²) in [5.74, 6) is 1.32. The zero-order valence-electron chi connectivity index (χ0n) is 13.0. The molecule has 0 saturated heterocycles. The molecule has 3 heterocycles. The summed E-state index contributed by atoms with van der Waals surface area (Å²) in [6.45, 7) is 2.56. The van der Waals surface area contributed by atoms with Crippen LogP contribution in [-0.2, 0) is 10.0 Å². The van der Waals surface area contributed by atoms with Crippen LogP contribution in [0.3, 0.4) is 0 Å². The van der Waals surface area contributed by atoms with Crippen molar-refractivity contribution in [3.8, 4) is 5.82 Å². The largest absolute Gasteiger partial charge is 0.367 e. The molecule has 3 rings (SSSR count). The molecule has 2 N–H and O–H groups in total. The highest BCUT2D eigenvalue weighted by Crippen LogP contribution is 2.19. The van der Waals surface area contributed by atoms with E-state index < -0.39 is 10.0 Å². The fourth-order valence-electron chi connectivity index (χ4n) is 2.05. The highest BCUT2D eigenvalue weighted by atomic mass is 32.2. The van der Waals surface area contributed by atoms with Gasteiger partial charge in [-0.25, -0.2) is 13.1 Å². The van der Waals surface area contributed by atoms with E-state index in [-0.39, 0.29) is 6.54 Å². The van der Waals surface area contributed by atoms with Gasteiger partial charge in [-0.2, -0.15) is 0 Å². The Bertz CT molecular complexity index is 886. The maximum absolute atomic E-state index is 12.1. The van der Waals surface area contributed by atoms with E-state index in [1.165, 1.54) is 11.3 Å². The molecular weight excluding hydrogens is 346 g/mol. The number of anilines is 1. The number of hydrogen-bond donors (Lipinski definition) is 2. The van der Waals surface area contributed by atoms with Gasteiger partial charge in [-0.05, 0) is 43.3 Å².